The van der Waals surface area contributed by atoms with Crippen LogP contribution < -0.4 is 0 Å². The van der Waals surface area contributed by atoms with Crippen molar-refractivity contribution in [3.8, 4) is 11.8 Å². The summed E-state index contributed by atoms with van der Waals surface area (Å²) in [6.45, 7) is 6.81. The van der Waals surface area contributed by atoms with Gasteiger partial charge in [-0.3, -0.25) is 4.79 Å². The van der Waals surface area contributed by atoms with Crippen LogP contribution in [0, 0.1) is 35.0 Å². The number of rotatable bonds is 6. The molecule has 1 saturated heterocycles. The smallest absolute Gasteiger partial charge is 0.338 e. The van der Waals surface area contributed by atoms with Crippen molar-refractivity contribution in [3.63, 3.8) is 0 Å². The fourth-order valence-corrected chi connectivity index (χ4v) is 6.27. The second kappa shape index (κ2) is 9.74. The summed E-state index contributed by atoms with van der Waals surface area (Å²) in [6.07, 6.45) is 4.43. The third-order valence-electron chi connectivity index (χ3n) is 7.14. The molecule has 4 atom stereocenters. The molecule has 1 aromatic carbocycles. The van der Waals surface area contributed by atoms with Gasteiger partial charge in [-0.1, -0.05) is 38.1 Å². The average Bonchev–Trinajstić information content (AvgIpc) is 3.49. The number of ether oxygens (including phenoxy) is 3. The maximum Gasteiger partial charge on any atom is 0.338 e. The van der Waals surface area contributed by atoms with Crippen molar-refractivity contribution >= 4 is 27.7 Å². The lowest BCUT2D eigenvalue weighted by Crippen LogP contribution is -2.31. The van der Waals surface area contributed by atoms with Crippen LogP contribution in [-0.4, -0.2) is 36.9 Å². The van der Waals surface area contributed by atoms with E-state index in [1.54, 1.807) is 19.1 Å². The second-order valence-corrected chi connectivity index (χ2v) is 10.7. The van der Waals surface area contributed by atoms with Crippen molar-refractivity contribution in [1.82, 2.24) is 0 Å². The molecule has 0 radical (unpaired) electrons. The summed E-state index contributed by atoms with van der Waals surface area (Å²) in [5.74, 6) is 5.47. The number of hydrogen-bond acceptors (Lipinski definition) is 5. The molecule has 2 aliphatic carbocycles. The largest absolute Gasteiger partial charge is 0.458 e. The summed E-state index contributed by atoms with van der Waals surface area (Å²) in [5.41, 5.74) is -0.0770. The molecule has 2 saturated carbocycles. The third-order valence-corrected chi connectivity index (χ3v) is 7.77. The fourth-order valence-electron chi connectivity index (χ4n) is 5.43. The molecule has 1 aliphatic heterocycles. The number of carbonyl (C=O) groups is 2. The average molecular weight is 515 g/mol. The lowest BCUT2D eigenvalue weighted by atomic mass is 9.83. The molecule has 5 nitrogen and oxygen atoms in total. The van der Waals surface area contributed by atoms with Gasteiger partial charge in [-0.05, 0) is 53.2 Å². The first-order valence-corrected chi connectivity index (χ1v) is 12.4. The van der Waals surface area contributed by atoms with Gasteiger partial charge in [-0.15, -0.1) is 11.8 Å². The molecule has 1 heterocycles. The summed E-state index contributed by atoms with van der Waals surface area (Å²) in [5, 5.41) is 0. The molecule has 0 unspecified atom stereocenters. The predicted octanol–water partition coefficient (Wildman–Crippen LogP) is 5.29. The third kappa shape index (κ3) is 5.11. The van der Waals surface area contributed by atoms with E-state index >= 15 is 0 Å². The minimum Gasteiger partial charge on any atom is -0.458 e. The van der Waals surface area contributed by atoms with E-state index in [0.717, 1.165) is 19.3 Å². The maximum absolute atomic E-state index is 13.2. The standard InChI is InChI=1S/C27H31BrO5/c1-4-5-11-26(2,3)24(29)22(28)15-20-21-17-27(31-12-13-32-27)16-19(21)14-23(20)33-25(30)18-9-7-6-8-10-18/h6-10,15,19-21,23H,11-14,16-17H2,1-3H3/b22-15-/t19-,20-,21+,23-/m1/s1. The highest BCUT2D eigenvalue weighted by molar-refractivity contribution is 9.12. The highest BCUT2D eigenvalue weighted by Gasteiger charge is 2.57. The maximum atomic E-state index is 13.2. The number of halogens is 1. The molecule has 0 amide bonds. The van der Waals surface area contributed by atoms with Crippen LogP contribution in [0.1, 0.15) is 56.8 Å². The zero-order chi connectivity index (χ0) is 23.6. The Bertz CT molecular complexity index is 981. The van der Waals surface area contributed by atoms with Gasteiger partial charge >= 0.3 is 5.97 Å². The number of esters is 1. The van der Waals surface area contributed by atoms with E-state index in [0.29, 0.717) is 35.6 Å². The van der Waals surface area contributed by atoms with E-state index in [4.69, 9.17) is 14.2 Å². The first-order chi connectivity index (χ1) is 15.7. The van der Waals surface area contributed by atoms with Crippen LogP contribution in [0.5, 0.6) is 0 Å². The van der Waals surface area contributed by atoms with Crippen LogP contribution in [0.3, 0.4) is 0 Å². The summed E-state index contributed by atoms with van der Waals surface area (Å²) in [7, 11) is 0. The van der Waals surface area contributed by atoms with E-state index in [1.807, 2.05) is 38.1 Å². The molecule has 176 valence electrons. The van der Waals surface area contributed by atoms with E-state index in [9.17, 15) is 9.59 Å². The van der Waals surface area contributed by atoms with Gasteiger partial charge in [-0.2, -0.15) is 0 Å². The van der Waals surface area contributed by atoms with Crippen molar-refractivity contribution in [3.05, 3.63) is 46.5 Å². The minimum atomic E-state index is -0.610. The molecular weight excluding hydrogens is 484 g/mol. The molecule has 3 fully saturated rings. The number of fused-ring (bicyclic) bond motifs is 1. The normalized spacial score (nSPS) is 28.3. The van der Waals surface area contributed by atoms with Crippen molar-refractivity contribution in [1.29, 1.82) is 0 Å². The number of carbonyl (C=O) groups excluding carboxylic acids is 2. The molecule has 0 N–H and O–H groups in total. The van der Waals surface area contributed by atoms with Crippen molar-refractivity contribution in [2.24, 2.45) is 23.2 Å². The van der Waals surface area contributed by atoms with Crippen LogP contribution in [0.25, 0.3) is 0 Å². The van der Waals surface area contributed by atoms with Gasteiger partial charge in [-0.25, -0.2) is 4.79 Å². The van der Waals surface area contributed by atoms with Crippen molar-refractivity contribution < 1.29 is 23.8 Å². The highest BCUT2D eigenvalue weighted by atomic mass is 79.9. The molecule has 3 aliphatic rings. The van der Waals surface area contributed by atoms with E-state index in [2.05, 4.69) is 27.8 Å². The number of allylic oxidation sites excluding steroid dienone is 1. The summed E-state index contributed by atoms with van der Waals surface area (Å²) >= 11 is 3.55. The zero-order valence-corrected chi connectivity index (χ0v) is 21.0. The molecule has 1 aromatic rings. The van der Waals surface area contributed by atoms with Crippen molar-refractivity contribution in [2.75, 3.05) is 13.2 Å². The first-order valence-electron chi connectivity index (χ1n) is 11.6. The zero-order valence-electron chi connectivity index (χ0n) is 19.4. The number of hydrogen-bond donors (Lipinski definition) is 0. The van der Waals surface area contributed by atoms with Gasteiger partial charge in [0.15, 0.2) is 11.6 Å². The Hall–Kier alpha value is -1.94. The predicted molar refractivity (Wildman–Crippen MR) is 128 cm³/mol. The van der Waals surface area contributed by atoms with Crippen LogP contribution in [0.4, 0.5) is 0 Å². The molecule has 1 spiro atoms. The van der Waals surface area contributed by atoms with E-state index < -0.39 is 11.2 Å². The van der Waals surface area contributed by atoms with Gasteiger partial charge in [0.25, 0.3) is 0 Å². The minimum absolute atomic E-state index is 0.00270. The Morgan fingerprint density at radius 1 is 1.21 bits per heavy atom. The molecule has 0 bridgehead atoms. The van der Waals surface area contributed by atoms with Crippen LogP contribution in [0.15, 0.2) is 40.9 Å². The monoisotopic (exact) mass is 514 g/mol. The van der Waals surface area contributed by atoms with Crippen LogP contribution in [0.2, 0.25) is 0 Å². The Morgan fingerprint density at radius 2 is 1.91 bits per heavy atom. The SMILES string of the molecule is CC#CCC(C)(C)C(=O)/C(Br)=C/[C@@H]1[C@H]2CC3(C[C@H]2C[C@H]1OC(=O)c1ccccc1)OCCO3. The molecular formula is C27H31BrO5. The number of Topliss-reactive ketones (excluding diaryl/α,β-unsaturated/α-hetero) is 1. The van der Waals surface area contributed by atoms with Gasteiger partial charge in [0, 0.05) is 30.6 Å². The van der Waals surface area contributed by atoms with E-state index in [1.165, 1.54) is 0 Å². The molecule has 6 heteroatoms. The molecule has 4 rings (SSSR count). The lowest BCUT2D eigenvalue weighted by Gasteiger charge is -2.27. The quantitative estimate of drug-likeness (QED) is 0.293. The Kier molecular flexibility index (Phi) is 7.14. The highest BCUT2D eigenvalue weighted by Crippen LogP contribution is 2.56. The van der Waals surface area contributed by atoms with E-state index in [-0.39, 0.29) is 29.7 Å². The van der Waals surface area contributed by atoms with Gasteiger partial charge < -0.3 is 14.2 Å². The van der Waals surface area contributed by atoms with Gasteiger partial charge in [0.2, 0.25) is 0 Å². The molecule has 33 heavy (non-hydrogen) atoms. The summed E-state index contributed by atoms with van der Waals surface area (Å²) < 4.78 is 18.5. The summed E-state index contributed by atoms with van der Waals surface area (Å²) in [4.78, 5) is 26.0. The Labute approximate surface area is 204 Å². The lowest BCUT2D eigenvalue weighted by molar-refractivity contribution is -0.157. The second-order valence-electron chi connectivity index (χ2n) is 9.89. The molecule has 0 aromatic heterocycles. The van der Waals surface area contributed by atoms with Crippen molar-refractivity contribution in [2.45, 2.75) is 58.3 Å². The Balaban J connectivity index is 1.57. The first kappa shape index (κ1) is 24.2. The number of benzene rings is 1. The Morgan fingerprint density at radius 3 is 2.58 bits per heavy atom. The summed E-state index contributed by atoms with van der Waals surface area (Å²) in [6, 6.07) is 9.04. The van der Waals surface area contributed by atoms with Crippen LogP contribution >= 0.6 is 15.9 Å². The van der Waals surface area contributed by atoms with Gasteiger partial charge in [0.1, 0.15) is 6.10 Å². The number of ketones is 1. The van der Waals surface area contributed by atoms with Crippen LogP contribution in [-0.2, 0) is 19.0 Å². The fraction of sp³-hybridized carbons (Fsp3) is 0.556. The topological polar surface area (TPSA) is 61.8 Å². The van der Waals surface area contributed by atoms with Gasteiger partial charge in [0.05, 0.1) is 23.3 Å².